The number of hydrogen-bond acceptors (Lipinski definition) is 4. The molecule has 4 bridgehead atoms. The van der Waals surface area contributed by atoms with Crippen molar-refractivity contribution < 1.29 is 14.7 Å². The lowest BCUT2D eigenvalue weighted by molar-refractivity contribution is -0.180. The Kier molecular flexibility index (Phi) is 3.20. The first-order valence-corrected chi connectivity index (χ1v) is 9.85. The minimum Gasteiger partial charge on any atom is -0.390 e. The molecule has 1 saturated heterocycles. The Morgan fingerprint density at radius 3 is 2.40 bits per heavy atom. The number of rotatable bonds is 4. The van der Waals surface area contributed by atoms with Gasteiger partial charge in [-0.2, -0.15) is 0 Å². The van der Waals surface area contributed by atoms with E-state index in [2.05, 4.69) is 5.32 Å². The minimum atomic E-state index is -0.588. The fourth-order valence-electron chi connectivity index (χ4n) is 7.49. The third kappa shape index (κ3) is 2.23. The second-order valence-corrected chi connectivity index (χ2v) is 9.73. The van der Waals surface area contributed by atoms with Gasteiger partial charge < -0.3 is 21.1 Å². The summed E-state index contributed by atoms with van der Waals surface area (Å²) in [5.41, 5.74) is 4.83. The Labute approximate surface area is 148 Å². The molecule has 6 heteroatoms. The molecule has 0 aromatic rings. The van der Waals surface area contributed by atoms with Crippen LogP contribution in [0.3, 0.4) is 0 Å². The van der Waals surface area contributed by atoms with Crippen LogP contribution in [0.4, 0.5) is 0 Å². The zero-order valence-electron chi connectivity index (χ0n) is 14.9. The van der Waals surface area contributed by atoms with Gasteiger partial charge in [0.05, 0.1) is 11.6 Å². The van der Waals surface area contributed by atoms with Crippen LogP contribution in [0.2, 0.25) is 0 Å². The van der Waals surface area contributed by atoms with Gasteiger partial charge in [-0.15, -0.1) is 0 Å². The first-order chi connectivity index (χ1) is 11.8. The first-order valence-electron chi connectivity index (χ1n) is 9.85. The summed E-state index contributed by atoms with van der Waals surface area (Å²) in [5.74, 6) is 1.20. The SMILES string of the molecule is CNC(C(=O)N1C(C(N)=O)CC2CC21)C12CC3CC(CC(O)(C3)C1)C2. The van der Waals surface area contributed by atoms with Crippen molar-refractivity contribution in [3.05, 3.63) is 0 Å². The van der Waals surface area contributed by atoms with Gasteiger partial charge in [0.2, 0.25) is 11.8 Å². The highest BCUT2D eigenvalue weighted by atomic mass is 16.3. The molecule has 6 nitrogen and oxygen atoms in total. The third-order valence-corrected chi connectivity index (χ3v) is 7.91. The summed E-state index contributed by atoms with van der Waals surface area (Å²) in [5, 5.41) is 14.3. The standard InChI is InChI=1S/C19H29N3O3/c1-21-15(17(24)22-13-3-12(13)4-14(22)16(20)23)18-5-10-2-11(6-18)8-19(25,7-10)9-18/h10-15,21,25H,2-9H2,1H3,(H2,20,23). The summed E-state index contributed by atoms with van der Waals surface area (Å²) in [6, 6.07) is -0.548. The number of nitrogens with one attached hydrogen (secondary N) is 1. The molecule has 4 N–H and O–H groups in total. The van der Waals surface area contributed by atoms with E-state index in [0.717, 1.165) is 38.5 Å². The number of amides is 2. The summed E-state index contributed by atoms with van der Waals surface area (Å²) >= 11 is 0. The van der Waals surface area contributed by atoms with Crippen molar-refractivity contribution in [1.29, 1.82) is 0 Å². The summed E-state index contributed by atoms with van der Waals surface area (Å²) in [4.78, 5) is 27.2. The number of piperidine rings is 1. The molecule has 5 saturated carbocycles. The quantitative estimate of drug-likeness (QED) is 0.685. The number of carbonyl (C=O) groups excluding carboxylic acids is 2. The fraction of sp³-hybridized carbons (Fsp3) is 0.895. The Bertz CT molecular complexity index is 621. The molecule has 1 aliphatic heterocycles. The van der Waals surface area contributed by atoms with E-state index in [0.29, 0.717) is 24.2 Å². The molecule has 1 heterocycles. The van der Waals surface area contributed by atoms with Gasteiger partial charge in [0.25, 0.3) is 0 Å². The summed E-state index contributed by atoms with van der Waals surface area (Å²) in [7, 11) is 1.85. The van der Waals surface area contributed by atoms with Crippen molar-refractivity contribution in [2.24, 2.45) is 28.9 Å². The smallest absolute Gasteiger partial charge is 0.241 e. The average molecular weight is 347 g/mol. The number of hydrogen-bond donors (Lipinski definition) is 3. The van der Waals surface area contributed by atoms with Gasteiger partial charge in [-0.1, -0.05) is 0 Å². The van der Waals surface area contributed by atoms with Gasteiger partial charge in [0, 0.05) is 6.04 Å². The molecule has 25 heavy (non-hydrogen) atoms. The number of fused-ring (bicyclic) bond motifs is 1. The van der Waals surface area contributed by atoms with Crippen LogP contribution in [0.15, 0.2) is 0 Å². The maximum atomic E-state index is 13.5. The molecular weight excluding hydrogens is 318 g/mol. The molecule has 6 aliphatic rings. The lowest BCUT2D eigenvalue weighted by Crippen LogP contribution is -2.66. The van der Waals surface area contributed by atoms with Gasteiger partial charge >= 0.3 is 0 Å². The molecular formula is C19H29N3O3. The van der Waals surface area contributed by atoms with E-state index >= 15 is 0 Å². The van der Waals surface area contributed by atoms with Crippen molar-refractivity contribution in [1.82, 2.24) is 10.2 Å². The predicted octanol–water partition coefficient (Wildman–Crippen LogP) is 0.380. The maximum absolute atomic E-state index is 13.5. The zero-order valence-corrected chi connectivity index (χ0v) is 14.9. The van der Waals surface area contributed by atoms with Crippen LogP contribution in [0.25, 0.3) is 0 Å². The molecule has 6 rings (SSSR count). The van der Waals surface area contributed by atoms with Gasteiger partial charge in [-0.05, 0) is 81.6 Å². The highest BCUT2D eigenvalue weighted by Gasteiger charge is 2.63. The summed E-state index contributed by atoms with van der Waals surface area (Å²) in [6.07, 6.45) is 7.49. The zero-order chi connectivity index (χ0) is 17.6. The average Bonchev–Trinajstić information content (AvgIpc) is 3.15. The molecule has 6 fully saturated rings. The van der Waals surface area contributed by atoms with Gasteiger partial charge in [-0.25, -0.2) is 0 Å². The molecule has 0 spiro atoms. The highest BCUT2D eigenvalue weighted by molar-refractivity contribution is 5.91. The van der Waals surface area contributed by atoms with Crippen LogP contribution in [-0.4, -0.2) is 52.6 Å². The number of aliphatic hydroxyl groups is 1. The van der Waals surface area contributed by atoms with Crippen LogP contribution in [-0.2, 0) is 9.59 Å². The van der Waals surface area contributed by atoms with E-state index < -0.39 is 11.6 Å². The van der Waals surface area contributed by atoms with Gasteiger partial charge in [0.1, 0.15) is 6.04 Å². The van der Waals surface area contributed by atoms with Crippen molar-refractivity contribution in [3.63, 3.8) is 0 Å². The Hall–Kier alpha value is -1.14. The molecule has 0 radical (unpaired) electrons. The lowest BCUT2D eigenvalue weighted by atomic mass is 9.46. The van der Waals surface area contributed by atoms with Crippen LogP contribution < -0.4 is 11.1 Å². The number of nitrogens with zero attached hydrogens (tertiary/aromatic N) is 1. The Morgan fingerprint density at radius 2 is 1.84 bits per heavy atom. The lowest BCUT2D eigenvalue weighted by Gasteiger charge is -2.62. The molecule has 2 amide bonds. The molecule has 138 valence electrons. The fourth-order valence-corrected chi connectivity index (χ4v) is 7.49. The number of likely N-dealkylation sites (tertiary alicyclic amines) is 1. The first kappa shape index (κ1) is 16.1. The van der Waals surface area contributed by atoms with Crippen LogP contribution in [0.1, 0.15) is 51.4 Å². The van der Waals surface area contributed by atoms with Crippen LogP contribution in [0, 0.1) is 23.2 Å². The largest absolute Gasteiger partial charge is 0.390 e. The van der Waals surface area contributed by atoms with Gasteiger partial charge in [-0.3, -0.25) is 9.59 Å². The van der Waals surface area contributed by atoms with E-state index in [4.69, 9.17) is 5.73 Å². The number of nitrogens with two attached hydrogens (primary N) is 1. The topological polar surface area (TPSA) is 95.7 Å². The van der Waals surface area contributed by atoms with E-state index in [1.807, 2.05) is 7.05 Å². The molecule has 6 unspecified atom stereocenters. The monoisotopic (exact) mass is 347 g/mol. The number of likely N-dealkylation sites (N-methyl/N-ethyl adjacent to an activating group) is 1. The van der Waals surface area contributed by atoms with Crippen LogP contribution in [0.5, 0.6) is 0 Å². The second kappa shape index (κ2) is 4.97. The summed E-state index contributed by atoms with van der Waals surface area (Å²) < 4.78 is 0. The highest BCUT2D eigenvalue weighted by Crippen LogP contribution is 2.63. The molecule has 6 atom stereocenters. The maximum Gasteiger partial charge on any atom is 0.241 e. The number of carbonyl (C=O) groups is 2. The molecule has 0 aromatic heterocycles. The van der Waals surface area contributed by atoms with E-state index in [1.54, 1.807) is 4.90 Å². The van der Waals surface area contributed by atoms with Crippen molar-refractivity contribution >= 4 is 11.8 Å². The van der Waals surface area contributed by atoms with Gasteiger partial charge in [0.15, 0.2) is 0 Å². The Morgan fingerprint density at radius 1 is 1.16 bits per heavy atom. The second-order valence-electron chi connectivity index (χ2n) is 9.73. The normalized spacial score (nSPS) is 50.6. The molecule has 0 aromatic carbocycles. The van der Waals surface area contributed by atoms with Crippen LogP contribution >= 0.6 is 0 Å². The predicted molar refractivity (Wildman–Crippen MR) is 91.3 cm³/mol. The van der Waals surface area contributed by atoms with Crippen molar-refractivity contribution in [2.75, 3.05) is 7.05 Å². The van der Waals surface area contributed by atoms with E-state index in [-0.39, 0.29) is 29.3 Å². The number of primary amides is 1. The third-order valence-electron chi connectivity index (χ3n) is 7.91. The Balaban J connectivity index is 1.46. The van der Waals surface area contributed by atoms with Crippen molar-refractivity contribution in [3.8, 4) is 0 Å². The van der Waals surface area contributed by atoms with E-state index in [9.17, 15) is 14.7 Å². The molecule has 5 aliphatic carbocycles. The van der Waals surface area contributed by atoms with Crippen molar-refractivity contribution in [2.45, 2.75) is 75.1 Å². The summed E-state index contributed by atoms with van der Waals surface area (Å²) in [6.45, 7) is 0. The van der Waals surface area contributed by atoms with E-state index in [1.165, 1.54) is 6.42 Å². The minimum absolute atomic E-state index is 0.0434.